The first-order valence-electron chi connectivity index (χ1n) is 9.41. The second-order valence-electron chi connectivity index (χ2n) is 7.57. The van der Waals surface area contributed by atoms with Gasteiger partial charge in [0, 0.05) is 23.7 Å². The lowest BCUT2D eigenvalue weighted by atomic mass is 9.92. The maximum atomic E-state index is 13.4. The summed E-state index contributed by atoms with van der Waals surface area (Å²) in [5.74, 6) is 0.182. The van der Waals surface area contributed by atoms with Crippen molar-refractivity contribution in [3.63, 3.8) is 0 Å². The third-order valence-corrected chi connectivity index (χ3v) is 6.06. The van der Waals surface area contributed by atoms with Crippen LogP contribution in [0.4, 0.5) is 5.82 Å². The van der Waals surface area contributed by atoms with Crippen molar-refractivity contribution in [2.24, 2.45) is 5.92 Å². The van der Waals surface area contributed by atoms with Gasteiger partial charge < -0.3 is 9.64 Å². The van der Waals surface area contributed by atoms with E-state index in [1.807, 2.05) is 32.0 Å². The van der Waals surface area contributed by atoms with Crippen molar-refractivity contribution < 1.29 is 14.3 Å². The molecule has 29 heavy (non-hydrogen) atoms. The van der Waals surface area contributed by atoms with Crippen LogP contribution in [0.3, 0.4) is 0 Å². The van der Waals surface area contributed by atoms with Crippen LogP contribution in [0.5, 0.6) is 0 Å². The van der Waals surface area contributed by atoms with Gasteiger partial charge >= 0.3 is 0 Å². The van der Waals surface area contributed by atoms with Gasteiger partial charge in [-0.2, -0.15) is 0 Å². The molecule has 8 heteroatoms. The second-order valence-corrected chi connectivity index (χ2v) is 8.41. The van der Waals surface area contributed by atoms with Crippen LogP contribution >= 0.6 is 23.2 Å². The first-order valence-corrected chi connectivity index (χ1v) is 10.2. The number of carbonyl (C=O) groups excluding carboxylic acids is 2. The standard InChI is InChI=1S/C21H21Cl2N3O3/c1-12-5-14(3-4-17(12)23)8-25-18(27)9-26(20-13(2)6-16(22)7-24-20)21(28)19(25)15-10-29-11-15/h3-7,15,19H,8-11H2,1-2H3. The van der Waals surface area contributed by atoms with E-state index in [0.717, 1.165) is 16.7 Å². The highest BCUT2D eigenvalue weighted by Crippen LogP contribution is 2.31. The topological polar surface area (TPSA) is 62.7 Å². The molecule has 2 aliphatic rings. The maximum absolute atomic E-state index is 13.4. The quantitative estimate of drug-likeness (QED) is 0.740. The predicted octanol–water partition coefficient (Wildman–Crippen LogP) is 3.40. The van der Waals surface area contributed by atoms with Gasteiger partial charge in [-0.15, -0.1) is 0 Å². The van der Waals surface area contributed by atoms with Crippen LogP contribution in [0, 0.1) is 19.8 Å². The minimum absolute atomic E-state index is 0.0322. The van der Waals surface area contributed by atoms with Gasteiger partial charge in [-0.3, -0.25) is 14.5 Å². The minimum atomic E-state index is -0.585. The largest absolute Gasteiger partial charge is 0.380 e. The molecule has 0 aliphatic carbocycles. The molecule has 0 spiro atoms. The number of carbonyl (C=O) groups is 2. The minimum Gasteiger partial charge on any atom is -0.380 e. The molecule has 0 radical (unpaired) electrons. The van der Waals surface area contributed by atoms with E-state index in [1.165, 1.54) is 11.1 Å². The number of anilines is 1. The van der Waals surface area contributed by atoms with Crippen molar-refractivity contribution in [3.8, 4) is 0 Å². The Kier molecular flexibility index (Phi) is 5.51. The number of aryl methyl sites for hydroxylation is 2. The molecule has 2 aromatic rings. The van der Waals surface area contributed by atoms with Crippen molar-refractivity contribution >= 4 is 40.8 Å². The Morgan fingerprint density at radius 3 is 2.52 bits per heavy atom. The molecule has 152 valence electrons. The molecule has 1 aromatic carbocycles. The van der Waals surface area contributed by atoms with Gasteiger partial charge in [0.15, 0.2) is 0 Å². The molecule has 0 N–H and O–H groups in total. The molecule has 6 nitrogen and oxygen atoms in total. The van der Waals surface area contributed by atoms with Crippen molar-refractivity contribution in [2.75, 3.05) is 24.7 Å². The van der Waals surface area contributed by atoms with Crippen LogP contribution in [0.15, 0.2) is 30.5 Å². The molecule has 2 saturated heterocycles. The van der Waals surface area contributed by atoms with Crippen LogP contribution in [0.25, 0.3) is 0 Å². The van der Waals surface area contributed by atoms with Gasteiger partial charge in [-0.1, -0.05) is 35.3 Å². The average Bonchev–Trinajstić information content (AvgIpc) is 2.62. The molecular weight excluding hydrogens is 413 g/mol. The second kappa shape index (κ2) is 7.94. The smallest absolute Gasteiger partial charge is 0.251 e. The number of hydrogen-bond acceptors (Lipinski definition) is 4. The Balaban J connectivity index is 1.66. The molecule has 0 saturated carbocycles. The fourth-order valence-corrected chi connectivity index (χ4v) is 4.16. The third-order valence-electron chi connectivity index (χ3n) is 5.43. The Morgan fingerprint density at radius 2 is 1.90 bits per heavy atom. The number of pyridine rings is 1. The number of hydrogen-bond donors (Lipinski definition) is 0. The lowest BCUT2D eigenvalue weighted by Gasteiger charge is -2.45. The van der Waals surface area contributed by atoms with E-state index in [0.29, 0.717) is 35.6 Å². The maximum Gasteiger partial charge on any atom is 0.251 e. The molecule has 1 aromatic heterocycles. The lowest BCUT2D eigenvalue weighted by molar-refractivity contribution is -0.155. The van der Waals surface area contributed by atoms with Crippen molar-refractivity contribution in [1.29, 1.82) is 0 Å². The Labute approximate surface area is 179 Å². The first-order chi connectivity index (χ1) is 13.8. The fourth-order valence-electron chi connectivity index (χ4n) is 3.83. The number of ether oxygens (including phenoxy) is 1. The Morgan fingerprint density at radius 1 is 1.14 bits per heavy atom. The zero-order valence-corrected chi connectivity index (χ0v) is 17.7. The van der Waals surface area contributed by atoms with Gasteiger partial charge in [0.05, 0.1) is 18.2 Å². The highest BCUT2D eigenvalue weighted by atomic mass is 35.5. The summed E-state index contributed by atoms with van der Waals surface area (Å²) in [5.41, 5.74) is 2.63. The van der Waals surface area contributed by atoms with Crippen LogP contribution in [0.1, 0.15) is 16.7 Å². The summed E-state index contributed by atoms with van der Waals surface area (Å²) >= 11 is 12.1. The van der Waals surface area contributed by atoms with E-state index in [2.05, 4.69) is 4.98 Å². The summed E-state index contributed by atoms with van der Waals surface area (Å²) in [6.45, 7) is 4.97. The van der Waals surface area contributed by atoms with E-state index in [4.69, 9.17) is 27.9 Å². The molecule has 1 unspecified atom stereocenters. The van der Waals surface area contributed by atoms with Gasteiger partial charge in [0.1, 0.15) is 18.4 Å². The average molecular weight is 434 g/mol. The molecule has 2 fully saturated rings. The monoisotopic (exact) mass is 433 g/mol. The molecule has 0 bridgehead atoms. The highest BCUT2D eigenvalue weighted by Gasteiger charge is 2.47. The van der Waals surface area contributed by atoms with E-state index in [-0.39, 0.29) is 24.3 Å². The number of halogens is 2. The molecule has 2 aliphatic heterocycles. The van der Waals surface area contributed by atoms with E-state index in [9.17, 15) is 9.59 Å². The number of benzene rings is 1. The zero-order chi connectivity index (χ0) is 20.7. The van der Waals surface area contributed by atoms with Crippen molar-refractivity contribution in [2.45, 2.75) is 26.4 Å². The summed E-state index contributed by atoms with van der Waals surface area (Å²) in [7, 11) is 0. The van der Waals surface area contributed by atoms with E-state index in [1.54, 1.807) is 11.0 Å². The van der Waals surface area contributed by atoms with Crippen LogP contribution in [-0.4, -0.2) is 47.5 Å². The third kappa shape index (κ3) is 3.84. The van der Waals surface area contributed by atoms with Crippen molar-refractivity contribution in [3.05, 3.63) is 57.2 Å². The summed E-state index contributed by atoms with van der Waals surface area (Å²) in [6, 6.07) is 6.81. The number of rotatable bonds is 4. The van der Waals surface area contributed by atoms with Gasteiger partial charge in [0.25, 0.3) is 5.91 Å². The Hall–Kier alpha value is -2.15. The zero-order valence-electron chi connectivity index (χ0n) is 16.2. The van der Waals surface area contributed by atoms with E-state index >= 15 is 0 Å². The highest BCUT2D eigenvalue weighted by molar-refractivity contribution is 6.31. The summed E-state index contributed by atoms with van der Waals surface area (Å²) in [4.78, 5) is 34.0. The molecule has 4 rings (SSSR count). The molecular formula is C21H21Cl2N3O3. The molecule has 3 heterocycles. The van der Waals surface area contributed by atoms with Gasteiger partial charge in [-0.05, 0) is 42.7 Å². The van der Waals surface area contributed by atoms with E-state index < -0.39 is 6.04 Å². The fraction of sp³-hybridized carbons (Fsp3) is 0.381. The number of nitrogens with zero attached hydrogens (tertiary/aromatic N) is 3. The van der Waals surface area contributed by atoms with Crippen LogP contribution in [-0.2, 0) is 20.9 Å². The predicted molar refractivity (Wildman–Crippen MR) is 111 cm³/mol. The van der Waals surface area contributed by atoms with Gasteiger partial charge in [0.2, 0.25) is 5.91 Å². The van der Waals surface area contributed by atoms with Crippen molar-refractivity contribution in [1.82, 2.24) is 9.88 Å². The molecule has 1 atom stereocenters. The van der Waals surface area contributed by atoms with Crippen LogP contribution < -0.4 is 4.90 Å². The van der Waals surface area contributed by atoms with Crippen LogP contribution in [0.2, 0.25) is 10.0 Å². The Bertz CT molecular complexity index is 978. The number of amides is 2. The number of aromatic nitrogens is 1. The summed E-state index contributed by atoms with van der Waals surface area (Å²) in [6.07, 6.45) is 1.49. The summed E-state index contributed by atoms with van der Waals surface area (Å²) < 4.78 is 5.33. The normalized spacial score (nSPS) is 20.2. The lowest BCUT2D eigenvalue weighted by Crippen LogP contribution is -2.65. The number of piperazine rings is 1. The summed E-state index contributed by atoms with van der Waals surface area (Å²) in [5, 5.41) is 1.17. The SMILES string of the molecule is Cc1cc(CN2C(=O)CN(c3ncc(Cl)cc3C)C(=O)C2C2COC2)ccc1Cl. The first kappa shape index (κ1) is 20.1. The molecule has 2 amide bonds. The van der Waals surface area contributed by atoms with Gasteiger partial charge in [-0.25, -0.2) is 4.98 Å².